The van der Waals surface area contributed by atoms with Crippen molar-refractivity contribution in [2.45, 2.75) is 44.9 Å². The monoisotopic (exact) mass is 346 g/mol. The summed E-state index contributed by atoms with van der Waals surface area (Å²) in [5.41, 5.74) is 0.976. The fourth-order valence-corrected chi connectivity index (χ4v) is 3.56. The van der Waals surface area contributed by atoms with Crippen molar-refractivity contribution in [2.24, 2.45) is 0 Å². The molecule has 24 heavy (non-hydrogen) atoms. The molecule has 5 nitrogen and oxygen atoms in total. The van der Waals surface area contributed by atoms with E-state index in [4.69, 9.17) is 4.74 Å². The molecule has 0 fully saturated rings. The van der Waals surface area contributed by atoms with Gasteiger partial charge in [0, 0.05) is 12.4 Å². The number of amides is 1. The normalized spacial score (nSPS) is 17.1. The summed E-state index contributed by atoms with van der Waals surface area (Å²) in [6.45, 7) is 3.82. The Balaban J connectivity index is 1.64. The highest BCUT2D eigenvalue weighted by molar-refractivity contribution is 7.09. The fraction of sp³-hybridized carbons (Fsp3) is 0.444. The van der Waals surface area contributed by atoms with Gasteiger partial charge in [0.2, 0.25) is 0 Å². The molecule has 0 saturated carbocycles. The highest BCUT2D eigenvalue weighted by Gasteiger charge is 2.29. The number of nitrogens with zero attached hydrogens (tertiary/aromatic N) is 2. The number of benzene rings is 1. The molecule has 0 saturated heterocycles. The maximum absolute atomic E-state index is 12.6. The van der Waals surface area contributed by atoms with Crippen molar-refractivity contribution < 1.29 is 14.6 Å². The third-order valence-electron chi connectivity index (χ3n) is 4.04. The lowest BCUT2D eigenvalue weighted by Gasteiger charge is -2.28. The molecule has 0 spiro atoms. The summed E-state index contributed by atoms with van der Waals surface area (Å²) in [4.78, 5) is 18.7. The zero-order valence-electron chi connectivity index (χ0n) is 14.2. The Morgan fingerprint density at radius 3 is 2.92 bits per heavy atom. The first-order valence-corrected chi connectivity index (χ1v) is 8.89. The average molecular weight is 346 g/mol. The van der Waals surface area contributed by atoms with Crippen LogP contribution in [-0.2, 0) is 23.4 Å². The van der Waals surface area contributed by atoms with Gasteiger partial charge in [-0.2, -0.15) is 0 Å². The van der Waals surface area contributed by atoms with Crippen LogP contribution in [0.4, 0.5) is 0 Å². The molecule has 1 amide bonds. The molecule has 0 aliphatic carbocycles. The minimum atomic E-state index is -0.957. The van der Waals surface area contributed by atoms with E-state index in [9.17, 15) is 9.90 Å². The number of likely N-dealkylation sites (N-methyl/N-ethyl adjacent to an activating group) is 1. The van der Waals surface area contributed by atoms with Crippen molar-refractivity contribution in [2.75, 3.05) is 7.05 Å². The van der Waals surface area contributed by atoms with Crippen molar-refractivity contribution in [3.8, 4) is 5.75 Å². The Morgan fingerprint density at radius 1 is 1.46 bits per heavy atom. The van der Waals surface area contributed by atoms with Gasteiger partial charge in [0.25, 0.3) is 5.91 Å². The third kappa shape index (κ3) is 3.60. The quantitative estimate of drug-likeness (QED) is 0.925. The summed E-state index contributed by atoms with van der Waals surface area (Å²) in [5.74, 6) is 0.760. The first-order valence-electron chi connectivity index (χ1n) is 8.01. The number of ether oxygens (including phenoxy) is 1. The standard InChI is InChI=1S/C18H22N2O3S/c1-18(2,22)17-19-13(11-24-17)10-20(3)16(21)15-9-8-12-6-4-5-7-14(12)23-15/h4-7,11,15,22H,8-10H2,1-3H3. The molecule has 1 aliphatic rings. The van der Waals surface area contributed by atoms with Crippen LogP contribution in [0.2, 0.25) is 0 Å². The number of fused-ring (bicyclic) bond motifs is 1. The van der Waals surface area contributed by atoms with Crippen molar-refractivity contribution in [1.82, 2.24) is 9.88 Å². The fourth-order valence-electron chi connectivity index (χ4n) is 2.73. The van der Waals surface area contributed by atoms with Crippen LogP contribution < -0.4 is 4.74 Å². The molecule has 2 heterocycles. The van der Waals surface area contributed by atoms with Gasteiger partial charge in [0.15, 0.2) is 6.10 Å². The van der Waals surface area contributed by atoms with Gasteiger partial charge in [-0.05, 0) is 38.3 Å². The van der Waals surface area contributed by atoms with Crippen molar-refractivity contribution in [1.29, 1.82) is 0 Å². The zero-order valence-corrected chi connectivity index (χ0v) is 15.0. The van der Waals surface area contributed by atoms with Gasteiger partial charge in [0.1, 0.15) is 16.4 Å². The summed E-state index contributed by atoms with van der Waals surface area (Å²) in [7, 11) is 1.76. The molecule has 128 valence electrons. The van der Waals surface area contributed by atoms with E-state index in [1.165, 1.54) is 11.3 Å². The number of thiazole rings is 1. The van der Waals surface area contributed by atoms with Crippen LogP contribution in [0.25, 0.3) is 0 Å². The van der Waals surface area contributed by atoms with Gasteiger partial charge >= 0.3 is 0 Å². The molecule has 1 unspecified atom stereocenters. The highest BCUT2D eigenvalue weighted by atomic mass is 32.1. The molecule has 1 aliphatic heterocycles. The number of aryl methyl sites for hydroxylation is 1. The lowest BCUT2D eigenvalue weighted by atomic mass is 10.0. The molecule has 2 aromatic rings. The molecule has 0 bridgehead atoms. The Morgan fingerprint density at radius 2 is 2.21 bits per heavy atom. The largest absolute Gasteiger partial charge is 0.480 e. The molecular formula is C18H22N2O3S. The summed E-state index contributed by atoms with van der Waals surface area (Å²) in [5, 5.41) is 12.5. The molecule has 3 rings (SSSR count). The SMILES string of the molecule is CN(Cc1csc(C(C)(C)O)n1)C(=O)C1CCc2ccccc2O1. The molecule has 1 aromatic heterocycles. The second-order valence-corrected chi connectivity index (χ2v) is 7.51. The van der Waals surface area contributed by atoms with Gasteiger partial charge in [-0.25, -0.2) is 4.98 Å². The number of hydrogen-bond acceptors (Lipinski definition) is 5. The predicted octanol–water partition coefficient (Wildman–Crippen LogP) is 2.72. The number of carbonyl (C=O) groups is 1. The van der Waals surface area contributed by atoms with Crippen LogP contribution in [0.3, 0.4) is 0 Å². The number of aliphatic hydroxyl groups is 1. The van der Waals surface area contributed by atoms with Crippen LogP contribution >= 0.6 is 11.3 Å². The Kier molecular flexibility index (Phi) is 4.60. The number of hydrogen-bond donors (Lipinski definition) is 1. The van der Waals surface area contributed by atoms with E-state index in [1.807, 2.05) is 29.6 Å². The summed E-state index contributed by atoms with van der Waals surface area (Å²) >= 11 is 1.41. The Hall–Kier alpha value is -1.92. The van der Waals surface area contributed by atoms with E-state index in [-0.39, 0.29) is 5.91 Å². The number of para-hydroxylation sites is 1. The van der Waals surface area contributed by atoms with Crippen molar-refractivity contribution in [3.63, 3.8) is 0 Å². The first kappa shape index (κ1) is 16.9. The lowest BCUT2D eigenvalue weighted by molar-refractivity contribution is -0.138. The van der Waals surface area contributed by atoms with E-state index in [0.29, 0.717) is 18.0 Å². The van der Waals surface area contributed by atoms with Crippen LogP contribution in [0.15, 0.2) is 29.6 Å². The molecule has 1 aromatic carbocycles. The van der Waals surface area contributed by atoms with E-state index in [2.05, 4.69) is 4.98 Å². The zero-order chi connectivity index (χ0) is 17.3. The van der Waals surface area contributed by atoms with Crippen LogP contribution in [-0.4, -0.2) is 34.0 Å². The van der Waals surface area contributed by atoms with Gasteiger partial charge in [-0.15, -0.1) is 11.3 Å². The van der Waals surface area contributed by atoms with Crippen molar-refractivity contribution >= 4 is 17.2 Å². The predicted molar refractivity (Wildman–Crippen MR) is 93.0 cm³/mol. The van der Waals surface area contributed by atoms with E-state index < -0.39 is 11.7 Å². The highest BCUT2D eigenvalue weighted by Crippen LogP contribution is 2.28. The summed E-state index contributed by atoms with van der Waals surface area (Å²) in [6, 6.07) is 7.85. The second kappa shape index (κ2) is 6.53. The Bertz CT molecular complexity index is 736. The van der Waals surface area contributed by atoms with Crippen molar-refractivity contribution in [3.05, 3.63) is 45.9 Å². The van der Waals surface area contributed by atoms with Crippen LogP contribution in [0.5, 0.6) is 5.75 Å². The number of carbonyl (C=O) groups excluding carboxylic acids is 1. The van der Waals surface area contributed by atoms with E-state index >= 15 is 0 Å². The summed E-state index contributed by atoms with van der Waals surface area (Å²) in [6.07, 6.45) is 1.09. The molecular weight excluding hydrogens is 324 g/mol. The Labute approximate surface area is 145 Å². The van der Waals surface area contributed by atoms with Gasteiger partial charge in [0.05, 0.1) is 12.2 Å². The minimum Gasteiger partial charge on any atom is -0.480 e. The second-order valence-electron chi connectivity index (χ2n) is 6.65. The van der Waals surface area contributed by atoms with Gasteiger partial charge in [-0.3, -0.25) is 4.79 Å². The third-order valence-corrected chi connectivity index (χ3v) is 5.25. The number of aromatic nitrogens is 1. The maximum atomic E-state index is 12.6. The molecule has 6 heteroatoms. The molecule has 1 atom stereocenters. The van der Waals surface area contributed by atoms with Gasteiger partial charge < -0.3 is 14.7 Å². The average Bonchev–Trinajstić information content (AvgIpc) is 3.02. The lowest BCUT2D eigenvalue weighted by Crippen LogP contribution is -2.41. The number of rotatable bonds is 4. The van der Waals surface area contributed by atoms with Crippen LogP contribution in [0.1, 0.15) is 36.5 Å². The van der Waals surface area contributed by atoms with E-state index in [0.717, 1.165) is 23.4 Å². The van der Waals surface area contributed by atoms with Crippen LogP contribution in [0, 0.1) is 0 Å². The maximum Gasteiger partial charge on any atom is 0.263 e. The minimum absolute atomic E-state index is 0.0395. The smallest absolute Gasteiger partial charge is 0.263 e. The van der Waals surface area contributed by atoms with Gasteiger partial charge in [-0.1, -0.05) is 18.2 Å². The first-order chi connectivity index (χ1) is 11.3. The molecule has 1 N–H and O–H groups in total. The summed E-state index contributed by atoms with van der Waals surface area (Å²) < 4.78 is 5.86. The topological polar surface area (TPSA) is 62.7 Å². The van der Waals surface area contributed by atoms with E-state index in [1.54, 1.807) is 25.8 Å². The molecule has 0 radical (unpaired) electrons.